The van der Waals surface area contributed by atoms with Gasteiger partial charge in [0.05, 0.1) is 6.61 Å². The summed E-state index contributed by atoms with van der Waals surface area (Å²) in [7, 11) is 0. The van der Waals surface area contributed by atoms with E-state index >= 15 is 0 Å². The molecule has 0 radical (unpaired) electrons. The molecule has 0 saturated heterocycles. The van der Waals surface area contributed by atoms with Crippen LogP contribution in [-0.2, 0) is 9.53 Å². The van der Waals surface area contributed by atoms with Gasteiger partial charge in [-0.2, -0.15) is 0 Å². The van der Waals surface area contributed by atoms with Crippen LogP contribution < -0.4 is 5.73 Å². The Balaban J connectivity index is 3.11. The molecular formula is C8H15NO3. The van der Waals surface area contributed by atoms with E-state index in [9.17, 15) is 9.59 Å². The van der Waals surface area contributed by atoms with Crippen LogP contribution in [0.2, 0.25) is 0 Å². The molecular weight excluding hydrogens is 158 g/mol. The van der Waals surface area contributed by atoms with Crippen molar-refractivity contribution in [2.24, 2.45) is 5.73 Å². The Hall–Kier alpha value is -1.06. The van der Waals surface area contributed by atoms with Crippen LogP contribution in [0.4, 0.5) is 4.79 Å². The summed E-state index contributed by atoms with van der Waals surface area (Å²) in [6.45, 7) is 2.15. The fraction of sp³-hybridized carbons (Fsp3) is 0.750. The first-order valence-corrected chi connectivity index (χ1v) is 4.10. The molecule has 0 saturated carbocycles. The fourth-order valence-electron chi connectivity index (χ4n) is 0.774. The molecule has 4 nitrogen and oxygen atoms in total. The number of ether oxygens (including phenoxy) is 1. The van der Waals surface area contributed by atoms with Gasteiger partial charge in [0, 0.05) is 12.8 Å². The monoisotopic (exact) mass is 173 g/mol. The van der Waals surface area contributed by atoms with Crippen molar-refractivity contribution in [2.45, 2.75) is 32.6 Å². The molecule has 0 fully saturated rings. The van der Waals surface area contributed by atoms with Crippen molar-refractivity contribution in [1.82, 2.24) is 0 Å². The SMILES string of the molecule is CCC(=O)CCCCOC(N)=O. The highest BCUT2D eigenvalue weighted by atomic mass is 16.5. The third kappa shape index (κ3) is 7.05. The predicted octanol–water partition coefficient (Wildman–Crippen LogP) is 1.23. The van der Waals surface area contributed by atoms with E-state index in [1.54, 1.807) is 0 Å². The Labute approximate surface area is 72.1 Å². The number of Topliss-reactive ketones (excluding diaryl/α,β-unsaturated/α-hetero) is 1. The van der Waals surface area contributed by atoms with Gasteiger partial charge in [-0.05, 0) is 12.8 Å². The molecule has 0 aliphatic heterocycles. The lowest BCUT2D eigenvalue weighted by molar-refractivity contribution is -0.118. The van der Waals surface area contributed by atoms with Crippen molar-refractivity contribution in [3.05, 3.63) is 0 Å². The van der Waals surface area contributed by atoms with Gasteiger partial charge in [-0.25, -0.2) is 4.79 Å². The maximum atomic E-state index is 10.8. The van der Waals surface area contributed by atoms with Gasteiger partial charge in [0.2, 0.25) is 0 Å². The molecule has 0 unspecified atom stereocenters. The molecule has 70 valence electrons. The number of unbranched alkanes of at least 4 members (excludes halogenated alkanes) is 1. The number of ketones is 1. The van der Waals surface area contributed by atoms with Gasteiger partial charge in [0.15, 0.2) is 0 Å². The smallest absolute Gasteiger partial charge is 0.404 e. The molecule has 12 heavy (non-hydrogen) atoms. The van der Waals surface area contributed by atoms with Crippen LogP contribution in [0.25, 0.3) is 0 Å². The summed E-state index contributed by atoms with van der Waals surface area (Å²) >= 11 is 0. The van der Waals surface area contributed by atoms with E-state index in [0.29, 0.717) is 25.9 Å². The van der Waals surface area contributed by atoms with E-state index in [0.717, 1.165) is 6.42 Å². The number of nitrogens with two attached hydrogens (primary N) is 1. The highest BCUT2D eigenvalue weighted by molar-refractivity contribution is 5.77. The van der Waals surface area contributed by atoms with Crippen molar-refractivity contribution in [3.8, 4) is 0 Å². The van der Waals surface area contributed by atoms with E-state index in [1.807, 2.05) is 6.92 Å². The summed E-state index contributed by atoms with van der Waals surface area (Å²) in [6, 6.07) is 0. The van der Waals surface area contributed by atoms with E-state index in [4.69, 9.17) is 5.73 Å². The minimum Gasteiger partial charge on any atom is -0.450 e. The topological polar surface area (TPSA) is 69.4 Å². The van der Waals surface area contributed by atoms with Crippen LogP contribution in [0.3, 0.4) is 0 Å². The van der Waals surface area contributed by atoms with Crippen LogP contribution in [-0.4, -0.2) is 18.5 Å². The van der Waals surface area contributed by atoms with Gasteiger partial charge >= 0.3 is 6.09 Å². The maximum absolute atomic E-state index is 10.8. The Morgan fingerprint density at radius 3 is 2.50 bits per heavy atom. The second kappa shape index (κ2) is 6.64. The van der Waals surface area contributed by atoms with Crippen LogP contribution in [0.1, 0.15) is 32.6 Å². The minimum atomic E-state index is -0.753. The Kier molecular flexibility index (Phi) is 6.05. The highest BCUT2D eigenvalue weighted by Crippen LogP contribution is 1.98. The number of rotatable bonds is 6. The molecule has 0 bridgehead atoms. The zero-order valence-electron chi connectivity index (χ0n) is 7.34. The molecule has 4 heteroatoms. The molecule has 0 aromatic heterocycles. The summed E-state index contributed by atoms with van der Waals surface area (Å²) in [5.41, 5.74) is 4.73. The van der Waals surface area contributed by atoms with Crippen LogP contribution in [0, 0.1) is 0 Å². The van der Waals surface area contributed by atoms with E-state index in [2.05, 4.69) is 4.74 Å². The third-order valence-electron chi connectivity index (χ3n) is 1.49. The second-order valence-electron chi connectivity index (χ2n) is 2.52. The summed E-state index contributed by atoms with van der Waals surface area (Å²) in [4.78, 5) is 20.9. The van der Waals surface area contributed by atoms with Gasteiger partial charge in [-0.15, -0.1) is 0 Å². The normalized spacial score (nSPS) is 9.42. The van der Waals surface area contributed by atoms with Crippen molar-refractivity contribution < 1.29 is 14.3 Å². The zero-order chi connectivity index (χ0) is 9.40. The molecule has 2 N–H and O–H groups in total. The number of carbonyl (C=O) groups excluding carboxylic acids is 2. The number of amides is 1. The molecule has 0 aromatic carbocycles. The number of carbonyl (C=O) groups is 2. The Bertz CT molecular complexity index is 156. The van der Waals surface area contributed by atoms with Crippen LogP contribution >= 0.6 is 0 Å². The predicted molar refractivity (Wildman–Crippen MR) is 44.7 cm³/mol. The standard InChI is InChI=1S/C8H15NO3/c1-2-7(10)5-3-4-6-12-8(9)11/h2-6H2,1H3,(H2,9,11). The highest BCUT2D eigenvalue weighted by Gasteiger charge is 1.98. The first kappa shape index (κ1) is 10.9. The first-order valence-electron chi connectivity index (χ1n) is 4.10. The molecule has 1 amide bonds. The lowest BCUT2D eigenvalue weighted by atomic mass is 10.1. The maximum Gasteiger partial charge on any atom is 0.404 e. The molecule has 0 aliphatic rings. The van der Waals surface area contributed by atoms with Gasteiger partial charge < -0.3 is 10.5 Å². The lowest BCUT2D eigenvalue weighted by Crippen LogP contribution is -2.13. The van der Waals surface area contributed by atoms with E-state index in [-0.39, 0.29) is 5.78 Å². The largest absolute Gasteiger partial charge is 0.450 e. The van der Waals surface area contributed by atoms with Crippen molar-refractivity contribution in [1.29, 1.82) is 0 Å². The molecule has 0 rings (SSSR count). The van der Waals surface area contributed by atoms with Gasteiger partial charge in [-0.1, -0.05) is 6.92 Å². The van der Waals surface area contributed by atoms with Gasteiger partial charge in [0.25, 0.3) is 0 Å². The average Bonchev–Trinajstić information content (AvgIpc) is 2.03. The molecule has 0 aliphatic carbocycles. The molecule has 0 aromatic rings. The molecule has 0 atom stereocenters. The zero-order valence-corrected chi connectivity index (χ0v) is 7.34. The van der Waals surface area contributed by atoms with Crippen LogP contribution in [0.5, 0.6) is 0 Å². The quantitative estimate of drug-likeness (QED) is 0.614. The average molecular weight is 173 g/mol. The summed E-state index contributed by atoms with van der Waals surface area (Å²) in [6.07, 6.45) is 1.86. The van der Waals surface area contributed by atoms with Gasteiger partial charge in [-0.3, -0.25) is 4.79 Å². The first-order chi connectivity index (χ1) is 5.66. The minimum absolute atomic E-state index is 0.245. The number of primary amides is 1. The Morgan fingerprint density at radius 1 is 1.33 bits per heavy atom. The summed E-state index contributed by atoms with van der Waals surface area (Å²) in [5.74, 6) is 0.245. The van der Waals surface area contributed by atoms with E-state index < -0.39 is 6.09 Å². The van der Waals surface area contributed by atoms with E-state index in [1.165, 1.54) is 0 Å². The summed E-state index contributed by atoms with van der Waals surface area (Å²) in [5, 5.41) is 0. The molecule has 0 heterocycles. The van der Waals surface area contributed by atoms with Crippen molar-refractivity contribution in [2.75, 3.05) is 6.61 Å². The van der Waals surface area contributed by atoms with Gasteiger partial charge in [0.1, 0.15) is 5.78 Å². The Morgan fingerprint density at radius 2 is 2.00 bits per heavy atom. The number of hydrogen-bond acceptors (Lipinski definition) is 3. The lowest BCUT2D eigenvalue weighted by Gasteiger charge is -1.99. The summed E-state index contributed by atoms with van der Waals surface area (Å²) < 4.78 is 4.48. The van der Waals surface area contributed by atoms with Crippen molar-refractivity contribution >= 4 is 11.9 Å². The second-order valence-corrected chi connectivity index (χ2v) is 2.52. The fourth-order valence-corrected chi connectivity index (χ4v) is 0.774. The molecule has 0 spiro atoms. The number of hydrogen-bond donors (Lipinski definition) is 1. The van der Waals surface area contributed by atoms with Crippen molar-refractivity contribution in [3.63, 3.8) is 0 Å². The van der Waals surface area contributed by atoms with Crippen LogP contribution in [0.15, 0.2) is 0 Å². The third-order valence-corrected chi connectivity index (χ3v) is 1.49.